The molecule has 2 fully saturated rings. The van der Waals surface area contributed by atoms with Crippen molar-refractivity contribution >= 4 is 28.6 Å². The summed E-state index contributed by atoms with van der Waals surface area (Å²) in [5.74, 6) is -0.553. The summed E-state index contributed by atoms with van der Waals surface area (Å²) in [6.45, 7) is 9.53. The molecule has 6 nitrogen and oxygen atoms in total. The van der Waals surface area contributed by atoms with E-state index in [1.165, 1.54) is 17.8 Å². The Kier molecular flexibility index (Phi) is 10.1. The van der Waals surface area contributed by atoms with Gasteiger partial charge in [0, 0.05) is 49.3 Å². The molecule has 2 aliphatic rings. The van der Waals surface area contributed by atoms with E-state index in [0.29, 0.717) is 38.2 Å². The Bertz CT molecular complexity index is 947. The number of ketones is 1. The Morgan fingerprint density at radius 3 is 2.54 bits per heavy atom. The number of Topliss-reactive ketones (excluding diaryl/α,β-unsaturated/α-hetero) is 1. The normalized spacial score (nSPS) is 20.9. The summed E-state index contributed by atoms with van der Waals surface area (Å²) in [6, 6.07) is 6.03. The quantitative estimate of drug-likeness (QED) is 0.327. The highest BCUT2D eigenvalue weighted by molar-refractivity contribution is 8.14. The zero-order chi connectivity index (χ0) is 25.5. The Morgan fingerprint density at radius 1 is 1.23 bits per heavy atom. The number of halogens is 1. The van der Waals surface area contributed by atoms with Gasteiger partial charge in [0.25, 0.3) is 0 Å². The fourth-order valence-corrected chi connectivity index (χ4v) is 5.46. The van der Waals surface area contributed by atoms with E-state index in [1.54, 1.807) is 32.0 Å². The molecule has 8 heteroatoms. The Hall–Kier alpha value is -2.03. The maximum atomic E-state index is 14.8. The summed E-state index contributed by atoms with van der Waals surface area (Å²) in [7, 11) is 0. The molecule has 3 rings (SSSR count). The lowest BCUT2D eigenvalue weighted by Crippen LogP contribution is -2.44. The van der Waals surface area contributed by atoms with E-state index in [4.69, 9.17) is 4.74 Å². The Morgan fingerprint density at radius 2 is 1.94 bits per heavy atom. The molecule has 2 unspecified atom stereocenters. The van der Waals surface area contributed by atoms with Gasteiger partial charge < -0.3 is 4.74 Å². The molecule has 0 N–H and O–H groups in total. The second-order valence-corrected chi connectivity index (χ2v) is 10.9. The first kappa shape index (κ1) is 27.6. The standard InChI is InChI=1S/C27H37FN2O4S/c1-5-34-25(32)17-29(18(2)3)14-12-21-16-30(15-13-24(21)35-19(4)31)26(27(33)20-10-11-20)22-8-6-7-9-23(22)28/h6-9,12,18,20,24,26H,5,10-11,13-17H2,1-4H3/b21-12-. The largest absolute Gasteiger partial charge is 0.465 e. The van der Waals surface area contributed by atoms with E-state index in [2.05, 4.69) is 11.0 Å². The highest BCUT2D eigenvalue weighted by Crippen LogP contribution is 2.40. The fraction of sp³-hybridized carbons (Fsp3) is 0.593. The number of esters is 1. The molecule has 0 amide bonds. The minimum Gasteiger partial charge on any atom is -0.465 e. The fourth-order valence-electron chi connectivity index (χ4n) is 4.52. The number of carbonyl (C=O) groups is 3. The zero-order valence-electron chi connectivity index (χ0n) is 21.2. The van der Waals surface area contributed by atoms with Crippen molar-refractivity contribution in [1.29, 1.82) is 0 Å². The molecule has 1 saturated carbocycles. The van der Waals surface area contributed by atoms with Gasteiger partial charge in [-0.25, -0.2) is 4.39 Å². The molecular formula is C27H37FN2O4S. The molecule has 0 radical (unpaired) electrons. The molecule has 0 spiro atoms. The number of thioether (sulfide) groups is 1. The van der Waals surface area contributed by atoms with Crippen molar-refractivity contribution in [2.75, 3.05) is 32.8 Å². The lowest BCUT2D eigenvalue weighted by molar-refractivity contribution is -0.144. The molecule has 0 aromatic heterocycles. The Labute approximate surface area is 212 Å². The summed E-state index contributed by atoms with van der Waals surface area (Å²) in [4.78, 5) is 41.4. The van der Waals surface area contributed by atoms with Crippen molar-refractivity contribution in [3.05, 3.63) is 47.3 Å². The van der Waals surface area contributed by atoms with Gasteiger partial charge in [0.2, 0.25) is 0 Å². The third kappa shape index (κ3) is 7.72. The second kappa shape index (κ2) is 12.8. The number of carbonyl (C=O) groups excluding carboxylic acids is 3. The highest BCUT2D eigenvalue weighted by atomic mass is 32.2. The van der Waals surface area contributed by atoms with E-state index in [9.17, 15) is 18.8 Å². The van der Waals surface area contributed by atoms with Gasteiger partial charge in [-0.15, -0.1) is 0 Å². The van der Waals surface area contributed by atoms with Gasteiger partial charge in [-0.3, -0.25) is 24.2 Å². The molecule has 35 heavy (non-hydrogen) atoms. The summed E-state index contributed by atoms with van der Waals surface area (Å²) < 4.78 is 19.9. The van der Waals surface area contributed by atoms with Gasteiger partial charge in [-0.1, -0.05) is 36.0 Å². The molecule has 1 aromatic rings. The number of rotatable bonds is 11. The Balaban J connectivity index is 1.86. The number of benzene rings is 1. The highest BCUT2D eigenvalue weighted by Gasteiger charge is 2.41. The van der Waals surface area contributed by atoms with Crippen LogP contribution in [-0.4, -0.2) is 70.7 Å². The van der Waals surface area contributed by atoms with E-state index in [0.717, 1.165) is 18.4 Å². The second-order valence-electron chi connectivity index (χ2n) is 9.57. The number of piperidine rings is 1. The minimum absolute atomic E-state index is 0.00217. The molecule has 1 aliphatic carbocycles. The van der Waals surface area contributed by atoms with Crippen LogP contribution in [0.15, 0.2) is 35.9 Å². The van der Waals surface area contributed by atoms with Crippen molar-refractivity contribution < 1.29 is 23.5 Å². The van der Waals surface area contributed by atoms with E-state index >= 15 is 0 Å². The molecule has 192 valence electrons. The van der Waals surface area contributed by atoms with Crippen LogP contribution in [0.4, 0.5) is 4.39 Å². The first-order chi connectivity index (χ1) is 16.7. The van der Waals surface area contributed by atoms with E-state index in [1.807, 2.05) is 18.7 Å². The van der Waals surface area contributed by atoms with Crippen LogP contribution in [-0.2, 0) is 19.1 Å². The monoisotopic (exact) mass is 504 g/mol. The smallest absolute Gasteiger partial charge is 0.320 e. The van der Waals surface area contributed by atoms with Gasteiger partial charge >= 0.3 is 5.97 Å². The summed E-state index contributed by atoms with van der Waals surface area (Å²) >= 11 is 1.30. The van der Waals surface area contributed by atoms with E-state index < -0.39 is 6.04 Å². The van der Waals surface area contributed by atoms with Crippen LogP contribution in [0, 0.1) is 11.7 Å². The van der Waals surface area contributed by atoms with Crippen molar-refractivity contribution in [3.63, 3.8) is 0 Å². The predicted octanol–water partition coefficient (Wildman–Crippen LogP) is 4.40. The van der Waals surface area contributed by atoms with Gasteiger partial charge in [0.15, 0.2) is 10.9 Å². The van der Waals surface area contributed by atoms with Crippen molar-refractivity contribution in [2.45, 2.75) is 64.3 Å². The van der Waals surface area contributed by atoms with Gasteiger partial charge in [0.05, 0.1) is 19.2 Å². The van der Waals surface area contributed by atoms with Gasteiger partial charge in [-0.2, -0.15) is 0 Å². The topological polar surface area (TPSA) is 66.9 Å². The SMILES string of the molecule is CCOC(=O)CN(C/C=C1/CN(C(C(=O)C2CC2)c2ccccc2F)CCC1SC(C)=O)C(C)C. The molecular weight excluding hydrogens is 467 g/mol. The van der Waals surface area contributed by atoms with Crippen LogP contribution >= 0.6 is 11.8 Å². The molecule has 1 heterocycles. The molecule has 0 bridgehead atoms. The summed E-state index contributed by atoms with van der Waals surface area (Å²) in [5.41, 5.74) is 1.46. The van der Waals surface area contributed by atoms with Crippen LogP contribution in [0.5, 0.6) is 0 Å². The van der Waals surface area contributed by atoms with Crippen molar-refractivity contribution in [2.24, 2.45) is 5.92 Å². The predicted molar refractivity (Wildman–Crippen MR) is 137 cm³/mol. The molecule has 2 atom stereocenters. The van der Waals surface area contributed by atoms with Crippen LogP contribution in [0.25, 0.3) is 0 Å². The first-order valence-corrected chi connectivity index (χ1v) is 13.4. The van der Waals surface area contributed by atoms with Gasteiger partial charge in [0.1, 0.15) is 5.82 Å². The first-order valence-electron chi connectivity index (χ1n) is 12.5. The molecule has 1 aromatic carbocycles. The van der Waals surface area contributed by atoms with Crippen LogP contribution in [0.1, 0.15) is 58.6 Å². The summed E-state index contributed by atoms with van der Waals surface area (Å²) in [5, 5.41) is 0.0407. The lowest BCUT2D eigenvalue weighted by Gasteiger charge is -2.39. The maximum absolute atomic E-state index is 14.8. The minimum atomic E-state index is -0.629. The van der Waals surface area contributed by atoms with Crippen LogP contribution in [0.3, 0.4) is 0 Å². The number of likely N-dealkylation sites (tertiary alicyclic amines) is 1. The number of hydrogen-bond donors (Lipinski definition) is 0. The van der Waals surface area contributed by atoms with Gasteiger partial charge in [-0.05, 0) is 51.7 Å². The van der Waals surface area contributed by atoms with Crippen molar-refractivity contribution in [3.8, 4) is 0 Å². The lowest BCUT2D eigenvalue weighted by atomic mass is 9.93. The number of hydrogen-bond acceptors (Lipinski definition) is 7. The average molecular weight is 505 g/mol. The third-order valence-corrected chi connectivity index (χ3v) is 7.71. The average Bonchev–Trinajstić information content (AvgIpc) is 3.64. The molecule has 1 saturated heterocycles. The third-order valence-electron chi connectivity index (χ3n) is 6.56. The maximum Gasteiger partial charge on any atom is 0.320 e. The number of ether oxygens (including phenoxy) is 1. The van der Waals surface area contributed by atoms with Crippen molar-refractivity contribution in [1.82, 2.24) is 9.80 Å². The van der Waals surface area contributed by atoms with Crippen LogP contribution in [0.2, 0.25) is 0 Å². The summed E-state index contributed by atoms with van der Waals surface area (Å²) in [6.07, 6.45) is 4.49. The molecule has 1 aliphatic heterocycles. The van der Waals surface area contributed by atoms with Crippen LogP contribution < -0.4 is 0 Å². The number of nitrogens with zero attached hydrogens (tertiary/aromatic N) is 2. The van der Waals surface area contributed by atoms with E-state index in [-0.39, 0.29) is 46.4 Å². The zero-order valence-corrected chi connectivity index (χ0v) is 22.0.